The summed E-state index contributed by atoms with van der Waals surface area (Å²) in [6.07, 6.45) is 1.35. The maximum absolute atomic E-state index is 11.9. The van der Waals surface area contributed by atoms with E-state index < -0.39 is 24.0 Å². The number of hydrogen-bond donors (Lipinski definition) is 1. The van der Waals surface area contributed by atoms with Gasteiger partial charge in [0.05, 0.1) is 5.56 Å². The van der Waals surface area contributed by atoms with Crippen molar-refractivity contribution >= 4 is 11.9 Å². The average molecular weight is 351 g/mol. The SMILES string of the molecule is CC(C)(C)OC(=O)COC(Oc1ccc(C(=O)O)cc1)N1CCCC1. The average Bonchev–Trinajstić information content (AvgIpc) is 3.04. The van der Waals surface area contributed by atoms with E-state index >= 15 is 0 Å². The Kier molecular flexibility index (Phi) is 6.39. The van der Waals surface area contributed by atoms with Crippen molar-refractivity contribution in [2.75, 3.05) is 19.7 Å². The van der Waals surface area contributed by atoms with Gasteiger partial charge in [0.2, 0.25) is 0 Å². The van der Waals surface area contributed by atoms with Gasteiger partial charge in [-0.3, -0.25) is 0 Å². The van der Waals surface area contributed by atoms with Crippen LogP contribution < -0.4 is 4.74 Å². The summed E-state index contributed by atoms with van der Waals surface area (Å²) in [6, 6.07) is 6.08. The topological polar surface area (TPSA) is 85.3 Å². The van der Waals surface area contributed by atoms with Gasteiger partial charge in [0, 0.05) is 13.1 Å². The molecule has 0 aromatic heterocycles. The molecular weight excluding hydrogens is 326 g/mol. The number of carbonyl (C=O) groups excluding carboxylic acids is 1. The molecule has 0 bridgehead atoms. The largest absolute Gasteiger partial charge is 0.478 e. The van der Waals surface area contributed by atoms with Crippen LogP contribution >= 0.6 is 0 Å². The van der Waals surface area contributed by atoms with Crippen molar-refractivity contribution in [1.29, 1.82) is 0 Å². The van der Waals surface area contributed by atoms with Crippen LogP contribution in [-0.2, 0) is 14.3 Å². The molecule has 1 aliphatic rings. The molecule has 138 valence electrons. The number of esters is 1. The van der Waals surface area contributed by atoms with Crippen LogP contribution in [-0.4, -0.2) is 53.7 Å². The minimum atomic E-state index is -0.996. The molecule has 0 spiro atoms. The molecule has 7 nitrogen and oxygen atoms in total. The highest BCUT2D eigenvalue weighted by molar-refractivity contribution is 5.87. The first-order chi connectivity index (χ1) is 11.7. The predicted octanol–water partition coefficient (Wildman–Crippen LogP) is 2.50. The fourth-order valence-corrected chi connectivity index (χ4v) is 2.47. The summed E-state index contributed by atoms with van der Waals surface area (Å²) >= 11 is 0. The second-order valence-electron chi connectivity index (χ2n) is 6.89. The van der Waals surface area contributed by atoms with Gasteiger partial charge >= 0.3 is 11.9 Å². The Bertz CT molecular complexity index is 587. The van der Waals surface area contributed by atoms with E-state index in [0.717, 1.165) is 25.9 Å². The van der Waals surface area contributed by atoms with Gasteiger partial charge in [-0.15, -0.1) is 0 Å². The number of carboxylic acids is 1. The van der Waals surface area contributed by atoms with Gasteiger partial charge in [-0.1, -0.05) is 0 Å². The van der Waals surface area contributed by atoms with Crippen LogP contribution in [0.4, 0.5) is 0 Å². The van der Waals surface area contributed by atoms with Crippen molar-refractivity contribution < 1.29 is 28.9 Å². The molecule has 1 aliphatic heterocycles. The van der Waals surface area contributed by atoms with Gasteiger partial charge in [0.25, 0.3) is 6.41 Å². The van der Waals surface area contributed by atoms with Crippen molar-refractivity contribution in [1.82, 2.24) is 4.90 Å². The smallest absolute Gasteiger partial charge is 0.335 e. The first-order valence-electron chi connectivity index (χ1n) is 8.32. The van der Waals surface area contributed by atoms with Crippen LogP contribution in [0.15, 0.2) is 24.3 Å². The van der Waals surface area contributed by atoms with Gasteiger partial charge < -0.3 is 19.3 Å². The standard InChI is InChI=1S/C18H25NO6/c1-18(2,3)25-15(20)12-23-17(19-10-4-5-11-19)24-14-8-6-13(7-9-14)16(21)22/h6-9,17H,4-5,10-12H2,1-3H3,(H,21,22). The fourth-order valence-electron chi connectivity index (χ4n) is 2.47. The third kappa shape index (κ3) is 6.36. The Hall–Kier alpha value is -2.12. The number of hydrogen-bond acceptors (Lipinski definition) is 6. The molecule has 0 amide bonds. The van der Waals surface area contributed by atoms with Crippen LogP contribution in [0.25, 0.3) is 0 Å². The van der Waals surface area contributed by atoms with Crippen molar-refractivity contribution in [3.05, 3.63) is 29.8 Å². The number of likely N-dealkylation sites (tertiary alicyclic amines) is 1. The summed E-state index contributed by atoms with van der Waals surface area (Å²) in [5, 5.41) is 8.94. The third-order valence-electron chi connectivity index (χ3n) is 3.54. The molecule has 1 fully saturated rings. The molecule has 1 saturated heterocycles. The van der Waals surface area contributed by atoms with Crippen LogP contribution in [0.5, 0.6) is 5.75 Å². The van der Waals surface area contributed by atoms with Crippen molar-refractivity contribution in [3.8, 4) is 5.75 Å². The number of benzene rings is 1. The molecule has 0 radical (unpaired) electrons. The van der Waals surface area contributed by atoms with Gasteiger partial charge in [-0.25, -0.2) is 14.5 Å². The first kappa shape index (κ1) is 19.2. The molecule has 1 N–H and O–H groups in total. The Morgan fingerprint density at radius 3 is 2.28 bits per heavy atom. The molecule has 0 saturated carbocycles. The molecule has 1 heterocycles. The van der Waals surface area contributed by atoms with Crippen LogP contribution in [0.1, 0.15) is 44.0 Å². The lowest BCUT2D eigenvalue weighted by molar-refractivity contribution is -0.192. The van der Waals surface area contributed by atoms with Gasteiger partial charge in [-0.2, -0.15) is 0 Å². The van der Waals surface area contributed by atoms with Crippen molar-refractivity contribution in [2.24, 2.45) is 0 Å². The molecule has 7 heteroatoms. The summed E-state index contributed by atoms with van der Waals surface area (Å²) in [4.78, 5) is 24.8. The highest BCUT2D eigenvalue weighted by Crippen LogP contribution is 2.19. The van der Waals surface area contributed by atoms with Gasteiger partial charge in [0.15, 0.2) is 0 Å². The number of carbonyl (C=O) groups is 2. The Balaban J connectivity index is 1.98. The number of carboxylic acid groups (broad SMARTS) is 1. The molecule has 25 heavy (non-hydrogen) atoms. The lowest BCUT2D eigenvalue weighted by atomic mass is 10.2. The zero-order chi connectivity index (χ0) is 18.4. The highest BCUT2D eigenvalue weighted by atomic mass is 16.7. The number of ether oxygens (including phenoxy) is 3. The minimum absolute atomic E-state index is 0.180. The molecule has 1 atom stereocenters. The maximum Gasteiger partial charge on any atom is 0.335 e. The van der Waals surface area contributed by atoms with Crippen LogP contribution in [0, 0.1) is 0 Å². The van der Waals surface area contributed by atoms with Crippen LogP contribution in [0.2, 0.25) is 0 Å². The summed E-state index contributed by atoms with van der Waals surface area (Å²) < 4.78 is 16.7. The molecular formula is C18H25NO6. The van der Waals surface area contributed by atoms with Gasteiger partial charge in [-0.05, 0) is 57.9 Å². The van der Waals surface area contributed by atoms with E-state index in [2.05, 4.69) is 0 Å². The van der Waals surface area contributed by atoms with Crippen molar-refractivity contribution in [2.45, 2.75) is 45.6 Å². The number of rotatable bonds is 7. The summed E-state index contributed by atoms with van der Waals surface area (Å²) in [6.45, 7) is 6.79. The predicted molar refractivity (Wildman–Crippen MR) is 90.4 cm³/mol. The molecule has 1 aromatic carbocycles. The minimum Gasteiger partial charge on any atom is -0.478 e. The third-order valence-corrected chi connectivity index (χ3v) is 3.54. The van der Waals surface area contributed by atoms with E-state index in [1.807, 2.05) is 4.90 Å². The molecule has 1 unspecified atom stereocenters. The maximum atomic E-state index is 11.9. The Labute approximate surface area is 147 Å². The second kappa shape index (κ2) is 8.31. The van der Waals surface area contributed by atoms with Crippen molar-refractivity contribution in [3.63, 3.8) is 0 Å². The van der Waals surface area contributed by atoms with E-state index in [1.54, 1.807) is 32.9 Å². The zero-order valence-electron chi connectivity index (χ0n) is 14.9. The number of nitrogens with zero attached hydrogens (tertiary/aromatic N) is 1. The summed E-state index contributed by atoms with van der Waals surface area (Å²) in [5.74, 6) is -0.976. The second-order valence-corrected chi connectivity index (χ2v) is 6.89. The Morgan fingerprint density at radius 1 is 1.16 bits per heavy atom. The first-order valence-corrected chi connectivity index (χ1v) is 8.32. The zero-order valence-corrected chi connectivity index (χ0v) is 14.9. The van der Waals surface area contributed by atoms with E-state index in [1.165, 1.54) is 12.1 Å². The molecule has 0 aliphatic carbocycles. The van der Waals surface area contributed by atoms with E-state index in [-0.39, 0.29) is 12.2 Å². The normalized spacial score (nSPS) is 16.4. The monoisotopic (exact) mass is 351 g/mol. The fraction of sp³-hybridized carbons (Fsp3) is 0.556. The van der Waals surface area contributed by atoms with Crippen LogP contribution in [0.3, 0.4) is 0 Å². The summed E-state index contributed by atoms with van der Waals surface area (Å²) in [5.41, 5.74) is -0.392. The van der Waals surface area contributed by atoms with E-state index in [0.29, 0.717) is 5.75 Å². The lowest BCUT2D eigenvalue weighted by Gasteiger charge is -2.28. The van der Waals surface area contributed by atoms with E-state index in [9.17, 15) is 9.59 Å². The lowest BCUT2D eigenvalue weighted by Crippen LogP contribution is -2.41. The highest BCUT2D eigenvalue weighted by Gasteiger charge is 2.26. The quantitative estimate of drug-likeness (QED) is 0.597. The summed E-state index contributed by atoms with van der Waals surface area (Å²) in [7, 11) is 0. The Morgan fingerprint density at radius 2 is 1.76 bits per heavy atom. The molecule has 2 rings (SSSR count). The van der Waals surface area contributed by atoms with Gasteiger partial charge in [0.1, 0.15) is 18.0 Å². The number of aromatic carboxylic acids is 1. The molecule has 1 aromatic rings. The van der Waals surface area contributed by atoms with E-state index in [4.69, 9.17) is 19.3 Å².